The zero-order valence-corrected chi connectivity index (χ0v) is 15.6. The highest BCUT2D eigenvalue weighted by Crippen LogP contribution is 2.36. The first-order valence-corrected chi connectivity index (χ1v) is 9.22. The Morgan fingerprint density at radius 1 is 1.12 bits per heavy atom. The number of ether oxygens (including phenoxy) is 1. The van der Waals surface area contributed by atoms with Crippen LogP contribution in [0, 0.1) is 6.92 Å². The minimum atomic E-state index is -1.06. The van der Waals surface area contributed by atoms with E-state index in [4.69, 9.17) is 10.5 Å². The predicted octanol–water partition coefficient (Wildman–Crippen LogP) is 3.03. The van der Waals surface area contributed by atoms with E-state index in [0.29, 0.717) is 19.8 Å². The molecule has 4 heteroatoms. The molecule has 1 aliphatic rings. The third-order valence-electron chi connectivity index (χ3n) is 5.60. The van der Waals surface area contributed by atoms with Crippen LogP contribution in [0.5, 0.6) is 0 Å². The summed E-state index contributed by atoms with van der Waals surface area (Å²) in [5.74, 6) is -0.150. The standard InChI is InChI=1S/C22H28N2O2/c1-17-8-6-7-11-19(17)22(12-14-26-15-13-22)16-24-20(25)21(2,23)18-9-4-3-5-10-18/h3-11H,12-16,23H2,1-2H3,(H,24,25). The van der Waals surface area contributed by atoms with Gasteiger partial charge in [0.2, 0.25) is 5.91 Å². The van der Waals surface area contributed by atoms with Crippen molar-refractivity contribution < 1.29 is 9.53 Å². The van der Waals surface area contributed by atoms with E-state index in [9.17, 15) is 4.79 Å². The number of hydrogen-bond donors (Lipinski definition) is 2. The van der Waals surface area contributed by atoms with Gasteiger partial charge in [-0.05, 0) is 43.4 Å². The SMILES string of the molecule is Cc1ccccc1C1(CNC(=O)C(C)(N)c2ccccc2)CCOCC1. The predicted molar refractivity (Wildman–Crippen MR) is 104 cm³/mol. The van der Waals surface area contributed by atoms with Crippen molar-refractivity contribution in [2.75, 3.05) is 19.8 Å². The maximum Gasteiger partial charge on any atom is 0.244 e. The van der Waals surface area contributed by atoms with Crippen LogP contribution in [-0.4, -0.2) is 25.7 Å². The molecule has 1 fully saturated rings. The summed E-state index contributed by atoms with van der Waals surface area (Å²) >= 11 is 0. The van der Waals surface area contributed by atoms with Crippen LogP contribution in [0.2, 0.25) is 0 Å². The van der Waals surface area contributed by atoms with Gasteiger partial charge >= 0.3 is 0 Å². The summed E-state index contributed by atoms with van der Waals surface area (Å²) in [5, 5.41) is 3.14. The van der Waals surface area contributed by atoms with Crippen molar-refractivity contribution in [2.45, 2.75) is 37.6 Å². The van der Waals surface area contributed by atoms with E-state index in [1.807, 2.05) is 30.3 Å². The smallest absolute Gasteiger partial charge is 0.244 e. The molecule has 1 heterocycles. The zero-order valence-electron chi connectivity index (χ0n) is 15.6. The number of rotatable bonds is 5. The van der Waals surface area contributed by atoms with Crippen molar-refractivity contribution in [3.8, 4) is 0 Å². The van der Waals surface area contributed by atoms with E-state index < -0.39 is 5.54 Å². The van der Waals surface area contributed by atoms with E-state index in [1.165, 1.54) is 11.1 Å². The third kappa shape index (κ3) is 3.67. The van der Waals surface area contributed by atoms with E-state index in [2.05, 4.69) is 36.5 Å². The molecule has 2 aromatic rings. The van der Waals surface area contributed by atoms with Crippen LogP contribution in [0.15, 0.2) is 54.6 Å². The van der Waals surface area contributed by atoms with E-state index in [0.717, 1.165) is 18.4 Å². The Labute approximate surface area is 155 Å². The molecule has 3 rings (SSSR count). The molecule has 1 aliphatic heterocycles. The molecule has 0 saturated carbocycles. The Morgan fingerprint density at radius 3 is 2.38 bits per heavy atom. The van der Waals surface area contributed by atoms with Crippen LogP contribution in [0.25, 0.3) is 0 Å². The fraction of sp³-hybridized carbons (Fsp3) is 0.409. The summed E-state index contributed by atoms with van der Waals surface area (Å²) in [5.41, 5.74) is 8.57. The fourth-order valence-electron chi connectivity index (χ4n) is 3.82. The Morgan fingerprint density at radius 2 is 1.73 bits per heavy atom. The highest BCUT2D eigenvalue weighted by molar-refractivity contribution is 5.87. The lowest BCUT2D eigenvalue weighted by Crippen LogP contribution is -2.53. The zero-order chi connectivity index (χ0) is 18.6. The Hall–Kier alpha value is -2.17. The van der Waals surface area contributed by atoms with Gasteiger partial charge in [-0.2, -0.15) is 0 Å². The maximum absolute atomic E-state index is 12.9. The minimum absolute atomic E-state index is 0.105. The normalized spacial score (nSPS) is 18.7. The average molecular weight is 352 g/mol. The second kappa shape index (κ2) is 7.60. The van der Waals surface area contributed by atoms with Gasteiger partial charge in [0, 0.05) is 25.2 Å². The molecule has 0 aliphatic carbocycles. The lowest BCUT2D eigenvalue weighted by Gasteiger charge is -2.39. The Kier molecular flexibility index (Phi) is 5.44. The summed E-state index contributed by atoms with van der Waals surface area (Å²) in [7, 11) is 0. The number of benzene rings is 2. The number of hydrogen-bond acceptors (Lipinski definition) is 3. The number of nitrogens with two attached hydrogens (primary N) is 1. The first-order chi connectivity index (χ1) is 12.5. The van der Waals surface area contributed by atoms with Gasteiger partial charge in [0.15, 0.2) is 0 Å². The second-order valence-corrected chi connectivity index (χ2v) is 7.46. The van der Waals surface area contributed by atoms with Crippen LogP contribution in [0.3, 0.4) is 0 Å². The van der Waals surface area contributed by atoms with Crippen LogP contribution in [-0.2, 0) is 20.5 Å². The molecule has 1 amide bonds. The van der Waals surface area contributed by atoms with Crippen molar-refractivity contribution in [3.63, 3.8) is 0 Å². The van der Waals surface area contributed by atoms with Gasteiger partial charge in [0.1, 0.15) is 5.54 Å². The lowest BCUT2D eigenvalue weighted by molar-refractivity contribution is -0.126. The van der Waals surface area contributed by atoms with Crippen LogP contribution in [0.4, 0.5) is 0 Å². The number of amides is 1. The molecular formula is C22H28N2O2. The van der Waals surface area contributed by atoms with Crippen molar-refractivity contribution in [3.05, 3.63) is 71.3 Å². The third-order valence-corrected chi connectivity index (χ3v) is 5.60. The van der Waals surface area contributed by atoms with Gasteiger partial charge in [-0.25, -0.2) is 0 Å². The quantitative estimate of drug-likeness (QED) is 0.869. The molecular weight excluding hydrogens is 324 g/mol. The van der Waals surface area contributed by atoms with Crippen LogP contribution >= 0.6 is 0 Å². The van der Waals surface area contributed by atoms with E-state index in [1.54, 1.807) is 6.92 Å². The average Bonchev–Trinajstić information content (AvgIpc) is 2.68. The van der Waals surface area contributed by atoms with Crippen molar-refractivity contribution in [2.24, 2.45) is 5.73 Å². The van der Waals surface area contributed by atoms with Gasteiger partial charge in [0.25, 0.3) is 0 Å². The molecule has 3 N–H and O–H groups in total. The first kappa shape index (κ1) is 18.6. The maximum atomic E-state index is 12.9. The summed E-state index contributed by atoms with van der Waals surface area (Å²) in [6.07, 6.45) is 1.79. The van der Waals surface area contributed by atoms with Gasteiger partial charge in [-0.1, -0.05) is 54.6 Å². The molecule has 0 radical (unpaired) electrons. The Bertz CT molecular complexity index is 750. The minimum Gasteiger partial charge on any atom is -0.381 e. The van der Waals surface area contributed by atoms with Gasteiger partial charge in [-0.3, -0.25) is 4.79 Å². The number of aryl methyl sites for hydroxylation is 1. The Balaban J connectivity index is 1.80. The summed E-state index contributed by atoms with van der Waals surface area (Å²) in [4.78, 5) is 12.9. The van der Waals surface area contributed by atoms with Crippen LogP contribution < -0.4 is 11.1 Å². The van der Waals surface area contributed by atoms with Crippen molar-refractivity contribution in [1.82, 2.24) is 5.32 Å². The highest BCUT2D eigenvalue weighted by Gasteiger charge is 2.38. The van der Waals surface area contributed by atoms with Gasteiger partial charge < -0.3 is 15.8 Å². The monoisotopic (exact) mass is 352 g/mol. The number of nitrogens with one attached hydrogen (secondary N) is 1. The number of carbonyl (C=O) groups is 1. The van der Waals surface area contributed by atoms with Gasteiger partial charge in [0.05, 0.1) is 0 Å². The molecule has 0 spiro atoms. The molecule has 26 heavy (non-hydrogen) atoms. The summed E-state index contributed by atoms with van der Waals surface area (Å²) < 4.78 is 5.59. The van der Waals surface area contributed by atoms with E-state index in [-0.39, 0.29) is 11.3 Å². The second-order valence-electron chi connectivity index (χ2n) is 7.46. The highest BCUT2D eigenvalue weighted by atomic mass is 16.5. The number of carbonyl (C=O) groups excluding carboxylic acids is 1. The molecule has 1 saturated heterocycles. The summed E-state index contributed by atoms with van der Waals surface area (Å²) in [6, 6.07) is 17.9. The fourth-order valence-corrected chi connectivity index (χ4v) is 3.82. The molecule has 0 aromatic heterocycles. The molecule has 1 unspecified atom stereocenters. The molecule has 1 atom stereocenters. The molecule has 2 aromatic carbocycles. The van der Waals surface area contributed by atoms with Crippen molar-refractivity contribution in [1.29, 1.82) is 0 Å². The molecule has 4 nitrogen and oxygen atoms in total. The largest absolute Gasteiger partial charge is 0.381 e. The lowest BCUT2D eigenvalue weighted by atomic mass is 9.72. The molecule has 0 bridgehead atoms. The first-order valence-electron chi connectivity index (χ1n) is 9.22. The molecule has 138 valence electrons. The van der Waals surface area contributed by atoms with Crippen LogP contribution in [0.1, 0.15) is 36.5 Å². The van der Waals surface area contributed by atoms with Crippen molar-refractivity contribution >= 4 is 5.91 Å². The topological polar surface area (TPSA) is 64.4 Å². The van der Waals surface area contributed by atoms with E-state index >= 15 is 0 Å². The summed E-state index contributed by atoms with van der Waals surface area (Å²) in [6.45, 7) is 5.89. The van der Waals surface area contributed by atoms with Gasteiger partial charge in [-0.15, -0.1) is 0 Å².